The van der Waals surface area contributed by atoms with Crippen LogP contribution >= 0.6 is 0 Å². The van der Waals surface area contributed by atoms with Crippen LogP contribution in [0.25, 0.3) is 10.9 Å². The van der Waals surface area contributed by atoms with Crippen molar-refractivity contribution in [3.05, 3.63) is 30.0 Å². The van der Waals surface area contributed by atoms with Gasteiger partial charge in [-0.2, -0.15) is 0 Å². The molecule has 2 rings (SSSR count). The van der Waals surface area contributed by atoms with Crippen molar-refractivity contribution in [1.29, 1.82) is 0 Å². The van der Waals surface area contributed by atoms with Gasteiger partial charge in [0.05, 0.1) is 7.11 Å². The monoisotopic (exact) mass is 218 g/mol. The number of aromatic nitrogens is 1. The molecular weight excluding hydrogens is 200 g/mol. The third-order valence-electron chi connectivity index (χ3n) is 2.76. The summed E-state index contributed by atoms with van der Waals surface area (Å²) in [5.74, 6) is 0.910. The lowest BCUT2D eigenvalue weighted by Gasteiger charge is -1.97. The maximum atomic E-state index is 5.21. The zero-order chi connectivity index (χ0) is 11.4. The first kappa shape index (κ1) is 11.0. The molecule has 3 nitrogen and oxygen atoms in total. The van der Waals surface area contributed by atoms with E-state index in [0.29, 0.717) is 0 Å². The van der Waals surface area contributed by atoms with Gasteiger partial charge in [0.15, 0.2) is 0 Å². The molecule has 1 aromatic heterocycles. The molecule has 0 spiro atoms. The highest BCUT2D eigenvalue weighted by Crippen LogP contribution is 2.21. The number of methoxy groups -OCH3 is 1. The maximum absolute atomic E-state index is 5.21. The normalized spacial score (nSPS) is 10.9. The summed E-state index contributed by atoms with van der Waals surface area (Å²) in [4.78, 5) is 3.42. The van der Waals surface area contributed by atoms with Gasteiger partial charge in [-0.3, -0.25) is 0 Å². The fourth-order valence-electron chi connectivity index (χ4n) is 1.89. The molecule has 1 heterocycles. The van der Waals surface area contributed by atoms with E-state index in [1.54, 1.807) is 7.11 Å². The lowest BCUT2D eigenvalue weighted by Crippen LogP contribution is -2.08. The molecule has 16 heavy (non-hydrogen) atoms. The Hall–Kier alpha value is -1.48. The van der Waals surface area contributed by atoms with Crippen molar-refractivity contribution >= 4 is 10.9 Å². The SMILES string of the molecule is CNCCCc1cc2cc(OC)ccc2[nH]1. The number of hydrogen-bond acceptors (Lipinski definition) is 2. The summed E-state index contributed by atoms with van der Waals surface area (Å²) in [5.41, 5.74) is 2.47. The van der Waals surface area contributed by atoms with E-state index in [9.17, 15) is 0 Å². The standard InChI is InChI=1S/C13H18N2O/c1-14-7-3-4-11-8-10-9-12(16-2)5-6-13(10)15-11/h5-6,8-9,14-15H,3-4,7H2,1-2H3. The Kier molecular flexibility index (Phi) is 3.47. The summed E-state index contributed by atoms with van der Waals surface area (Å²) in [6.07, 6.45) is 2.23. The van der Waals surface area contributed by atoms with Crippen LogP contribution in [0.3, 0.4) is 0 Å². The zero-order valence-corrected chi connectivity index (χ0v) is 9.84. The molecule has 0 saturated heterocycles. The summed E-state index contributed by atoms with van der Waals surface area (Å²) < 4.78 is 5.21. The second kappa shape index (κ2) is 5.03. The lowest BCUT2D eigenvalue weighted by atomic mass is 10.2. The van der Waals surface area contributed by atoms with Crippen molar-refractivity contribution in [3.8, 4) is 5.75 Å². The Morgan fingerprint density at radius 1 is 1.31 bits per heavy atom. The number of aromatic amines is 1. The number of rotatable bonds is 5. The number of H-pyrrole nitrogens is 1. The van der Waals surface area contributed by atoms with E-state index in [4.69, 9.17) is 4.74 Å². The molecule has 0 aliphatic carbocycles. The molecule has 0 aliphatic heterocycles. The molecule has 0 fully saturated rings. The zero-order valence-electron chi connectivity index (χ0n) is 9.84. The van der Waals surface area contributed by atoms with Gasteiger partial charge < -0.3 is 15.0 Å². The number of benzene rings is 1. The topological polar surface area (TPSA) is 37.0 Å². The van der Waals surface area contributed by atoms with Gasteiger partial charge >= 0.3 is 0 Å². The predicted molar refractivity (Wildman–Crippen MR) is 67.1 cm³/mol. The molecule has 0 bridgehead atoms. The summed E-state index contributed by atoms with van der Waals surface area (Å²) in [6, 6.07) is 8.31. The lowest BCUT2D eigenvalue weighted by molar-refractivity contribution is 0.415. The van der Waals surface area contributed by atoms with Gasteiger partial charge in [0, 0.05) is 16.6 Å². The quantitative estimate of drug-likeness (QED) is 0.756. The van der Waals surface area contributed by atoms with Crippen molar-refractivity contribution in [2.45, 2.75) is 12.8 Å². The highest BCUT2D eigenvalue weighted by atomic mass is 16.5. The van der Waals surface area contributed by atoms with Crippen molar-refractivity contribution in [3.63, 3.8) is 0 Å². The molecule has 0 unspecified atom stereocenters. The molecule has 0 radical (unpaired) electrons. The molecule has 0 amide bonds. The van der Waals surface area contributed by atoms with E-state index in [2.05, 4.69) is 28.5 Å². The highest BCUT2D eigenvalue weighted by Gasteiger charge is 2.01. The average Bonchev–Trinajstić information content (AvgIpc) is 2.70. The fourth-order valence-corrected chi connectivity index (χ4v) is 1.89. The van der Waals surface area contributed by atoms with Gasteiger partial charge in [-0.05, 0) is 50.7 Å². The molecule has 3 heteroatoms. The van der Waals surface area contributed by atoms with E-state index < -0.39 is 0 Å². The number of fused-ring (bicyclic) bond motifs is 1. The van der Waals surface area contributed by atoms with Crippen molar-refractivity contribution in [1.82, 2.24) is 10.3 Å². The molecule has 0 saturated carbocycles. The summed E-state index contributed by atoms with van der Waals surface area (Å²) in [5, 5.41) is 4.38. The first-order valence-electron chi connectivity index (χ1n) is 5.63. The molecule has 1 aromatic carbocycles. The first-order chi connectivity index (χ1) is 7.83. The van der Waals surface area contributed by atoms with Gasteiger partial charge in [0.1, 0.15) is 5.75 Å². The van der Waals surface area contributed by atoms with E-state index in [0.717, 1.165) is 25.1 Å². The highest BCUT2D eigenvalue weighted by molar-refractivity contribution is 5.81. The van der Waals surface area contributed by atoms with Crippen molar-refractivity contribution in [2.24, 2.45) is 0 Å². The van der Waals surface area contributed by atoms with Crippen LogP contribution in [0.4, 0.5) is 0 Å². The number of hydrogen-bond donors (Lipinski definition) is 2. The Labute approximate surface area is 95.8 Å². The molecule has 0 atom stereocenters. The first-order valence-corrected chi connectivity index (χ1v) is 5.63. The van der Waals surface area contributed by atoms with Crippen LogP contribution in [0.15, 0.2) is 24.3 Å². The van der Waals surface area contributed by atoms with E-state index in [1.807, 2.05) is 13.1 Å². The fraction of sp³-hybridized carbons (Fsp3) is 0.385. The summed E-state index contributed by atoms with van der Waals surface area (Å²) in [7, 11) is 3.68. The van der Waals surface area contributed by atoms with Gasteiger partial charge in [-0.15, -0.1) is 0 Å². The minimum absolute atomic E-state index is 0.910. The van der Waals surface area contributed by atoms with Crippen LogP contribution in [0.1, 0.15) is 12.1 Å². The molecular formula is C13H18N2O. The number of nitrogens with one attached hydrogen (secondary N) is 2. The molecule has 86 valence electrons. The largest absolute Gasteiger partial charge is 0.497 e. The Bertz CT molecular complexity index is 462. The Balaban J connectivity index is 2.16. The van der Waals surface area contributed by atoms with Crippen LogP contribution in [0.2, 0.25) is 0 Å². The summed E-state index contributed by atoms with van der Waals surface area (Å²) >= 11 is 0. The van der Waals surface area contributed by atoms with Crippen LogP contribution < -0.4 is 10.1 Å². The van der Waals surface area contributed by atoms with E-state index in [1.165, 1.54) is 16.6 Å². The molecule has 2 aromatic rings. The second-order valence-electron chi connectivity index (χ2n) is 3.95. The van der Waals surface area contributed by atoms with Crippen molar-refractivity contribution < 1.29 is 4.74 Å². The minimum Gasteiger partial charge on any atom is -0.497 e. The molecule has 0 aliphatic rings. The van der Waals surface area contributed by atoms with Gasteiger partial charge in [0.2, 0.25) is 0 Å². The van der Waals surface area contributed by atoms with Gasteiger partial charge in [-0.25, -0.2) is 0 Å². The van der Waals surface area contributed by atoms with E-state index in [-0.39, 0.29) is 0 Å². The molecule has 2 N–H and O–H groups in total. The smallest absolute Gasteiger partial charge is 0.119 e. The second-order valence-corrected chi connectivity index (χ2v) is 3.95. The third kappa shape index (κ3) is 2.36. The Morgan fingerprint density at radius 3 is 2.94 bits per heavy atom. The maximum Gasteiger partial charge on any atom is 0.119 e. The van der Waals surface area contributed by atoms with Crippen LogP contribution in [0, 0.1) is 0 Å². The average molecular weight is 218 g/mol. The Morgan fingerprint density at radius 2 is 2.19 bits per heavy atom. The van der Waals surface area contributed by atoms with Crippen LogP contribution in [0.5, 0.6) is 5.75 Å². The van der Waals surface area contributed by atoms with Gasteiger partial charge in [-0.1, -0.05) is 0 Å². The van der Waals surface area contributed by atoms with Crippen LogP contribution in [-0.4, -0.2) is 25.7 Å². The van der Waals surface area contributed by atoms with Crippen molar-refractivity contribution in [2.75, 3.05) is 20.7 Å². The predicted octanol–water partition coefficient (Wildman–Crippen LogP) is 2.33. The number of ether oxygens (including phenoxy) is 1. The van der Waals surface area contributed by atoms with Gasteiger partial charge in [0.25, 0.3) is 0 Å². The minimum atomic E-state index is 0.910. The summed E-state index contributed by atoms with van der Waals surface area (Å²) in [6.45, 7) is 1.05. The van der Waals surface area contributed by atoms with Crippen LogP contribution in [-0.2, 0) is 6.42 Å². The van der Waals surface area contributed by atoms with E-state index >= 15 is 0 Å². The third-order valence-corrected chi connectivity index (χ3v) is 2.76. The number of aryl methyl sites for hydroxylation is 1.